The lowest BCUT2D eigenvalue weighted by molar-refractivity contribution is 0.669. The Hall–Kier alpha value is -6.65. The van der Waals surface area contributed by atoms with E-state index in [2.05, 4.69) is 160 Å². The molecule has 0 unspecified atom stereocenters. The molecule has 4 nitrogen and oxygen atoms in total. The van der Waals surface area contributed by atoms with Crippen molar-refractivity contribution in [2.45, 2.75) is 0 Å². The van der Waals surface area contributed by atoms with Crippen molar-refractivity contribution in [3.8, 4) is 16.8 Å². The predicted octanol–water partition coefficient (Wildman–Crippen LogP) is 12.4. The molecule has 230 valence electrons. The quantitative estimate of drug-likeness (QED) is 0.190. The normalized spacial score (nSPS) is 11.7. The van der Waals surface area contributed by atoms with E-state index in [1.54, 1.807) is 0 Å². The number of pyridine rings is 1. The van der Waals surface area contributed by atoms with Crippen LogP contribution in [0.25, 0.3) is 71.3 Å². The monoisotopic (exact) mass is 627 g/mol. The fraction of sp³-hybridized carbons (Fsp3) is 0. The van der Waals surface area contributed by atoms with Crippen molar-refractivity contribution >= 4 is 71.6 Å². The van der Waals surface area contributed by atoms with E-state index in [0.29, 0.717) is 0 Å². The van der Waals surface area contributed by atoms with Crippen LogP contribution in [-0.2, 0) is 0 Å². The molecule has 7 aromatic carbocycles. The molecule has 0 amide bonds. The highest BCUT2D eigenvalue weighted by Crippen LogP contribution is 2.41. The van der Waals surface area contributed by atoms with Gasteiger partial charge < -0.3 is 13.9 Å². The van der Waals surface area contributed by atoms with Crippen LogP contribution in [0, 0.1) is 0 Å². The van der Waals surface area contributed by atoms with Crippen LogP contribution in [0.3, 0.4) is 0 Å². The number of aromatic nitrogens is 2. The van der Waals surface area contributed by atoms with E-state index < -0.39 is 0 Å². The van der Waals surface area contributed by atoms with E-state index >= 15 is 0 Å². The first-order chi connectivity index (χ1) is 24.3. The molecule has 0 radical (unpaired) electrons. The molecule has 3 aromatic heterocycles. The molecule has 0 saturated heterocycles. The SMILES string of the molecule is c1ccc(N(c2ccc(-c3cncc4c3oc3ccccc34)cc2)c2cccc(-n3c4ccccc4c4c5ccccc5ccc43)c2)cc1. The van der Waals surface area contributed by atoms with E-state index in [4.69, 9.17) is 4.42 Å². The minimum Gasteiger partial charge on any atom is -0.455 e. The van der Waals surface area contributed by atoms with E-state index in [9.17, 15) is 0 Å². The summed E-state index contributed by atoms with van der Waals surface area (Å²) in [4.78, 5) is 6.90. The summed E-state index contributed by atoms with van der Waals surface area (Å²) in [5, 5.41) is 7.16. The van der Waals surface area contributed by atoms with Crippen molar-refractivity contribution in [1.82, 2.24) is 9.55 Å². The third-order valence-corrected chi connectivity index (χ3v) is 9.65. The van der Waals surface area contributed by atoms with Crippen molar-refractivity contribution in [3.05, 3.63) is 176 Å². The Morgan fingerprint density at radius 2 is 1.20 bits per heavy atom. The predicted molar refractivity (Wildman–Crippen MR) is 203 cm³/mol. The summed E-state index contributed by atoms with van der Waals surface area (Å²) in [6.07, 6.45) is 3.79. The van der Waals surface area contributed by atoms with Crippen molar-refractivity contribution in [2.24, 2.45) is 0 Å². The average Bonchev–Trinajstić information content (AvgIpc) is 3.72. The molecule has 0 saturated carbocycles. The van der Waals surface area contributed by atoms with Crippen molar-refractivity contribution in [3.63, 3.8) is 0 Å². The Kier molecular flexibility index (Phi) is 6.15. The molecule has 0 aliphatic rings. The first-order valence-electron chi connectivity index (χ1n) is 16.5. The van der Waals surface area contributed by atoms with E-state index in [0.717, 1.165) is 55.8 Å². The first-order valence-corrected chi connectivity index (χ1v) is 16.5. The van der Waals surface area contributed by atoms with Crippen LogP contribution in [-0.4, -0.2) is 9.55 Å². The van der Waals surface area contributed by atoms with Crippen molar-refractivity contribution in [2.75, 3.05) is 4.90 Å². The molecule has 0 atom stereocenters. The molecular formula is C45H29N3O. The van der Waals surface area contributed by atoms with Crippen LogP contribution in [0.4, 0.5) is 17.1 Å². The van der Waals surface area contributed by atoms with Gasteiger partial charge in [-0.15, -0.1) is 0 Å². The minimum absolute atomic E-state index is 0.857. The number of nitrogens with zero attached hydrogens (tertiary/aromatic N) is 3. The molecule has 4 heteroatoms. The maximum atomic E-state index is 6.33. The van der Waals surface area contributed by atoms with E-state index in [-0.39, 0.29) is 0 Å². The molecule has 0 aliphatic heterocycles. The molecule has 10 rings (SSSR count). The zero-order chi connectivity index (χ0) is 32.3. The van der Waals surface area contributed by atoms with Crippen LogP contribution < -0.4 is 4.90 Å². The number of furan rings is 1. The van der Waals surface area contributed by atoms with Gasteiger partial charge in [-0.05, 0) is 77.0 Å². The Morgan fingerprint density at radius 1 is 0.490 bits per heavy atom. The highest BCUT2D eigenvalue weighted by atomic mass is 16.3. The van der Waals surface area contributed by atoms with Gasteiger partial charge in [0.05, 0.1) is 11.0 Å². The average molecular weight is 628 g/mol. The molecule has 0 aliphatic carbocycles. The summed E-state index contributed by atoms with van der Waals surface area (Å²) < 4.78 is 8.73. The van der Waals surface area contributed by atoms with Crippen molar-refractivity contribution < 1.29 is 4.42 Å². The zero-order valence-electron chi connectivity index (χ0n) is 26.5. The topological polar surface area (TPSA) is 34.2 Å². The Balaban J connectivity index is 1.12. The summed E-state index contributed by atoms with van der Waals surface area (Å²) in [6, 6.07) is 58.1. The van der Waals surface area contributed by atoms with Gasteiger partial charge in [0.1, 0.15) is 11.2 Å². The second-order valence-electron chi connectivity index (χ2n) is 12.4. The Morgan fingerprint density at radius 3 is 2.08 bits per heavy atom. The molecule has 49 heavy (non-hydrogen) atoms. The lowest BCUT2D eigenvalue weighted by atomic mass is 10.0. The highest BCUT2D eigenvalue weighted by molar-refractivity contribution is 6.21. The number of hydrogen-bond acceptors (Lipinski definition) is 3. The smallest absolute Gasteiger partial charge is 0.146 e. The maximum absolute atomic E-state index is 6.33. The largest absolute Gasteiger partial charge is 0.455 e. The second-order valence-corrected chi connectivity index (χ2v) is 12.4. The van der Waals surface area contributed by atoms with Gasteiger partial charge >= 0.3 is 0 Å². The van der Waals surface area contributed by atoms with Gasteiger partial charge in [0.25, 0.3) is 0 Å². The Labute approximate surface area is 282 Å². The minimum atomic E-state index is 0.857. The van der Waals surface area contributed by atoms with E-state index in [1.807, 2.05) is 30.6 Å². The number of para-hydroxylation sites is 3. The van der Waals surface area contributed by atoms with Gasteiger partial charge in [-0.2, -0.15) is 0 Å². The van der Waals surface area contributed by atoms with Crippen LogP contribution >= 0.6 is 0 Å². The number of anilines is 3. The lowest BCUT2D eigenvalue weighted by Crippen LogP contribution is -2.10. The first kappa shape index (κ1) is 27.5. The molecule has 0 fully saturated rings. The highest BCUT2D eigenvalue weighted by Gasteiger charge is 2.18. The lowest BCUT2D eigenvalue weighted by Gasteiger charge is -2.26. The van der Waals surface area contributed by atoms with Crippen molar-refractivity contribution in [1.29, 1.82) is 0 Å². The molecule has 0 bridgehead atoms. The van der Waals surface area contributed by atoms with Crippen LogP contribution in [0.2, 0.25) is 0 Å². The molecule has 3 heterocycles. The summed E-state index contributed by atoms with van der Waals surface area (Å²) in [5.74, 6) is 0. The van der Waals surface area contributed by atoms with Gasteiger partial charge in [0.15, 0.2) is 0 Å². The van der Waals surface area contributed by atoms with Gasteiger partial charge in [0, 0.05) is 62.3 Å². The number of fused-ring (bicyclic) bond motifs is 8. The van der Waals surface area contributed by atoms with Crippen LogP contribution in [0.15, 0.2) is 181 Å². The fourth-order valence-corrected chi connectivity index (χ4v) is 7.45. The summed E-state index contributed by atoms with van der Waals surface area (Å²) >= 11 is 0. The summed E-state index contributed by atoms with van der Waals surface area (Å²) in [6.45, 7) is 0. The summed E-state index contributed by atoms with van der Waals surface area (Å²) in [5.41, 5.74) is 10.5. The maximum Gasteiger partial charge on any atom is 0.146 e. The molecule has 0 N–H and O–H groups in total. The number of hydrogen-bond donors (Lipinski definition) is 0. The van der Waals surface area contributed by atoms with Crippen LogP contribution in [0.1, 0.15) is 0 Å². The fourth-order valence-electron chi connectivity index (χ4n) is 7.45. The van der Waals surface area contributed by atoms with Gasteiger partial charge in [0.2, 0.25) is 0 Å². The second kappa shape index (κ2) is 11.0. The van der Waals surface area contributed by atoms with Crippen LogP contribution in [0.5, 0.6) is 0 Å². The number of benzene rings is 7. The summed E-state index contributed by atoms with van der Waals surface area (Å²) in [7, 11) is 0. The standard InChI is InChI=1S/C45H29N3O/c1-2-12-32(13-3-1)47(33-24-21-31(22-25-33)39-28-46-29-40-37-17-7-9-20-43(37)49-45(39)40)34-14-10-15-35(27-34)48-41-19-8-6-18-38(41)44-36-16-5-4-11-30(36)23-26-42(44)48/h1-29H. The molecule has 10 aromatic rings. The number of rotatable bonds is 5. The third kappa shape index (κ3) is 4.35. The van der Waals surface area contributed by atoms with Gasteiger partial charge in [-0.3, -0.25) is 4.98 Å². The molecular weight excluding hydrogens is 599 g/mol. The molecule has 0 spiro atoms. The van der Waals surface area contributed by atoms with Gasteiger partial charge in [-0.25, -0.2) is 0 Å². The zero-order valence-corrected chi connectivity index (χ0v) is 26.5. The third-order valence-electron chi connectivity index (χ3n) is 9.65. The Bertz CT molecular complexity index is 2830. The van der Waals surface area contributed by atoms with E-state index in [1.165, 1.54) is 32.6 Å². The van der Waals surface area contributed by atoms with Gasteiger partial charge in [-0.1, -0.05) is 103 Å².